The van der Waals surface area contributed by atoms with Crippen LogP contribution in [0.4, 0.5) is 5.82 Å². The summed E-state index contributed by atoms with van der Waals surface area (Å²) in [5.41, 5.74) is 2.05. The van der Waals surface area contributed by atoms with Gasteiger partial charge in [-0.3, -0.25) is 5.10 Å². The quantitative estimate of drug-likeness (QED) is 0.557. The molecular weight excluding hydrogens is 270 g/mol. The lowest BCUT2D eigenvalue weighted by atomic mass is 10.2. The lowest BCUT2D eigenvalue weighted by Gasteiger charge is -2.06. The number of rotatable bonds is 5. The van der Waals surface area contributed by atoms with Crippen LogP contribution in [0, 0.1) is 6.92 Å². The first-order chi connectivity index (χ1) is 9.83. The highest BCUT2D eigenvalue weighted by molar-refractivity contribution is 7.99. The molecule has 3 aromatic rings. The molecule has 0 aliphatic rings. The van der Waals surface area contributed by atoms with Gasteiger partial charge >= 0.3 is 0 Å². The van der Waals surface area contributed by atoms with Gasteiger partial charge in [-0.25, -0.2) is 9.97 Å². The SMILES string of the molecule is Cc1ccc(SCCNc2ncnc3[nH]ncc23)cc1. The molecule has 0 amide bonds. The van der Waals surface area contributed by atoms with Crippen LogP contribution in [0.5, 0.6) is 0 Å². The molecule has 0 bridgehead atoms. The largest absolute Gasteiger partial charge is 0.369 e. The summed E-state index contributed by atoms with van der Waals surface area (Å²) < 4.78 is 0. The van der Waals surface area contributed by atoms with Gasteiger partial charge in [0.15, 0.2) is 5.65 Å². The molecule has 2 N–H and O–H groups in total. The molecule has 0 saturated carbocycles. The van der Waals surface area contributed by atoms with Gasteiger partial charge in [0, 0.05) is 17.2 Å². The van der Waals surface area contributed by atoms with Crippen molar-refractivity contribution >= 4 is 28.6 Å². The number of anilines is 1. The number of thioether (sulfide) groups is 1. The van der Waals surface area contributed by atoms with E-state index in [1.807, 2.05) is 11.8 Å². The van der Waals surface area contributed by atoms with E-state index in [0.29, 0.717) is 0 Å². The lowest BCUT2D eigenvalue weighted by molar-refractivity contribution is 1.08. The topological polar surface area (TPSA) is 66.5 Å². The molecule has 6 heteroatoms. The first-order valence-corrected chi connectivity index (χ1v) is 7.39. The van der Waals surface area contributed by atoms with Crippen molar-refractivity contribution in [3.05, 3.63) is 42.4 Å². The predicted octanol–water partition coefficient (Wildman–Crippen LogP) is 2.87. The van der Waals surface area contributed by atoms with E-state index in [9.17, 15) is 0 Å². The molecule has 20 heavy (non-hydrogen) atoms. The van der Waals surface area contributed by atoms with Crippen LogP contribution in [-0.2, 0) is 0 Å². The fraction of sp³-hybridized carbons (Fsp3) is 0.214. The number of aromatic amines is 1. The van der Waals surface area contributed by atoms with Crippen molar-refractivity contribution in [3.63, 3.8) is 0 Å². The molecule has 0 spiro atoms. The first kappa shape index (κ1) is 12.9. The molecule has 0 radical (unpaired) electrons. The van der Waals surface area contributed by atoms with Crippen molar-refractivity contribution in [2.45, 2.75) is 11.8 Å². The van der Waals surface area contributed by atoms with E-state index < -0.39 is 0 Å². The first-order valence-electron chi connectivity index (χ1n) is 6.40. The molecule has 1 aromatic carbocycles. The summed E-state index contributed by atoms with van der Waals surface area (Å²) in [6.45, 7) is 2.94. The average Bonchev–Trinajstić information content (AvgIpc) is 2.94. The Morgan fingerprint density at radius 1 is 1.20 bits per heavy atom. The normalized spacial score (nSPS) is 10.8. The number of nitrogens with zero attached hydrogens (tertiary/aromatic N) is 3. The van der Waals surface area contributed by atoms with Crippen molar-refractivity contribution < 1.29 is 0 Å². The van der Waals surface area contributed by atoms with E-state index in [-0.39, 0.29) is 0 Å². The van der Waals surface area contributed by atoms with Gasteiger partial charge < -0.3 is 5.32 Å². The molecule has 0 fully saturated rings. The summed E-state index contributed by atoms with van der Waals surface area (Å²) >= 11 is 1.83. The van der Waals surface area contributed by atoms with E-state index in [1.54, 1.807) is 6.20 Å². The Kier molecular flexibility index (Phi) is 3.83. The minimum Gasteiger partial charge on any atom is -0.369 e. The summed E-state index contributed by atoms with van der Waals surface area (Å²) in [5.74, 6) is 1.81. The van der Waals surface area contributed by atoms with Crippen molar-refractivity contribution in [3.8, 4) is 0 Å². The third-order valence-corrected chi connectivity index (χ3v) is 3.95. The van der Waals surface area contributed by atoms with Gasteiger partial charge in [0.25, 0.3) is 0 Å². The molecule has 0 saturated heterocycles. The average molecular weight is 285 g/mol. The Balaban J connectivity index is 1.55. The second-order valence-electron chi connectivity index (χ2n) is 4.44. The predicted molar refractivity (Wildman–Crippen MR) is 82.1 cm³/mol. The number of aromatic nitrogens is 4. The van der Waals surface area contributed by atoms with E-state index >= 15 is 0 Å². The molecule has 0 aliphatic carbocycles. The molecule has 3 rings (SSSR count). The summed E-state index contributed by atoms with van der Waals surface area (Å²) in [6, 6.07) is 8.57. The molecule has 0 unspecified atom stereocenters. The standard InChI is InChI=1S/C14H15N5S/c1-10-2-4-11(5-3-10)20-7-6-15-13-12-8-18-19-14(12)17-9-16-13/h2-5,8-9H,6-7H2,1H3,(H2,15,16,17,18,19). The van der Waals surface area contributed by atoms with Crippen LogP contribution in [0.1, 0.15) is 5.56 Å². The summed E-state index contributed by atoms with van der Waals surface area (Å²) in [7, 11) is 0. The van der Waals surface area contributed by atoms with E-state index in [2.05, 4.69) is 56.7 Å². The second kappa shape index (κ2) is 5.92. The summed E-state index contributed by atoms with van der Waals surface area (Å²) in [5, 5.41) is 11.1. The highest BCUT2D eigenvalue weighted by Crippen LogP contribution is 2.19. The van der Waals surface area contributed by atoms with Crippen molar-refractivity contribution in [1.82, 2.24) is 20.2 Å². The molecule has 102 valence electrons. The molecule has 2 heterocycles. The van der Waals surface area contributed by atoms with Crippen LogP contribution in [0.3, 0.4) is 0 Å². The van der Waals surface area contributed by atoms with Crippen LogP contribution < -0.4 is 5.32 Å². The number of hydrogen-bond donors (Lipinski definition) is 2. The Hall–Kier alpha value is -2.08. The number of nitrogens with one attached hydrogen (secondary N) is 2. The zero-order chi connectivity index (χ0) is 13.8. The Morgan fingerprint density at radius 3 is 2.90 bits per heavy atom. The summed E-state index contributed by atoms with van der Waals surface area (Å²) in [4.78, 5) is 9.64. The Morgan fingerprint density at radius 2 is 2.05 bits per heavy atom. The van der Waals surface area contributed by atoms with Gasteiger partial charge in [-0.1, -0.05) is 17.7 Å². The molecule has 0 aliphatic heterocycles. The van der Waals surface area contributed by atoms with Crippen LogP contribution >= 0.6 is 11.8 Å². The fourth-order valence-electron chi connectivity index (χ4n) is 1.88. The van der Waals surface area contributed by atoms with Gasteiger partial charge in [-0.05, 0) is 19.1 Å². The van der Waals surface area contributed by atoms with Crippen molar-refractivity contribution in [1.29, 1.82) is 0 Å². The van der Waals surface area contributed by atoms with Crippen LogP contribution in [0.2, 0.25) is 0 Å². The van der Waals surface area contributed by atoms with Crippen molar-refractivity contribution in [2.75, 3.05) is 17.6 Å². The summed E-state index contributed by atoms with van der Waals surface area (Å²) in [6.07, 6.45) is 3.28. The van der Waals surface area contributed by atoms with Gasteiger partial charge in [0.2, 0.25) is 0 Å². The minimum absolute atomic E-state index is 0.758. The van der Waals surface area contributed by atoms with Crippen molar-refractivity contribution in [2.24, 2.45) is 0 Å². The number of benzene rings is 1. The number of aryl methyl sites for hydroxylation is 1. The van der Waals surface area contributed by atoms with Gasteiger partial charge in [-0.15, -0.1) is 11.8 Å². The minimum atomic E-state index is 0.758. The number of hydrogen-bond acceptors (Lipinski definition) is 5. The van der Waals surface area contributed by atoms with Crippen LogP contribution in [-0.4, -0.2) is 32.5 Å². The molecule has 2 aromatic heterocycles. The van der Waals surface area contributed by atoms with Gasteiger partial charge in [0.05, 0.1) is 11.6 Å². The third-order valence-electron chi connectivity index (χ3n) is 2.93. The maximum absolute atomic E-state index is 4.24. The number of fused-ring (bicyclic) bond motifs is 1. The number of H-pyrrole nitrogens is 1. The third kappa shape index (κ3) is 2.91. The molecular formula is C14H15N5S. The van der Waals surface area contributed by atoms with E-state index in [4.69, 9.17) is 0 Å². The van der Waals surface area contributed by atoms with Gasteiger partial charge in [-0.2, -0.15) is 5.10 Å². The highest BCUT2D eigenvalue weighted by Gasteiger charge is 2.04. The van der Waals surface area contributed by atoms with Crippen LogP contribution in [0.25, 0.3) is 11.0 Å². The highest BCUT2D eigenvalue weighted by atomic mass is 32.2. The fourth-order valence-corrected chi connectivity index (χ4v) is 2.65. The zero-order valence-corrected chi connectivity index (χ0v) is 11.9. The van der Waals surface area contributed by atoms with E-state index in [0.717, 1.165) is 29.1 Å². The smallest absolute Gasteiger partial charge is 0.160 e. The Bertz CT molecular complexity index is 692. The Labute approximate surface area is 121 Å². The maximum Gasteiger partial charge on any atom is 0.160 e. The second-order valence-corrected chi connectivity index (χ2v) is 5.61. The lowest BCUT2D eigenvalue weighted by Crippen LogP contribution is -2.06. The van der Waals surface area contributed by atoms with Gasteiger partial charge in [0.1, 0.15) is 12.1 Å². The zero-order valence-electron chi connectivity index (χ0n) is 11.1. The maximum atomic E-state index is 4.24. The van der Waals surface area contributed by atoms with E-state index in [1.165, 1.54) is 16.8 Å². The molecule has 0 atom stereocenters. The van der Waals surface area contributed by atoms with Crippen LogP contribution in [0.15, 0.2) is 41.7 Å². The molecule has 5 nitrogen and oxygen atoms in total. The monoisotopic (exact) mass is 285 g/mol.